The fourth-order valence-corrected chi connectivity index (χ4v) is 4.24. The van der Waals surface area contributed by atoms with Crippen molar-refractivity contribution in [1.82, 2.24) is 24.6 Å². The minimum absolute atomic E-state index is 0.00266. The zero-order chi connectivity index (χ0) is 24.4. The topological polar surface area (TPSA) is 113 Å². The first-order chi connectivity index (χ1) is 16.3. The third-order valence-corrected chi connectivity index (χ3v) is 6.39. The summed E-state index contributed by atoms with van der Waals surface area (Å²) in [5, 5.41) is 7.37. The maximum absolute atomic E-state index is 13.0. The number of anilines is 1. The molecule has 0 atom stereocenters. The number of aromatic amines is 1. The molecule has 3 aromatic rings. The molecule has 2 N–H and O–H groups in total. The lowest BCUT2D eigenvalue weighted by Gasteiger charge is -2.26. The van der Waals surface area contributed by atoms with Crippen molar-refractivity contribution in [3.05, 3.63) is 68.3 Å². The van der Waals surface area contributed by atoms with E-state index in [9.17, 15) is 14.4 Å². The van der Waals surface area contributed by atoms with Gasteiger partial charge in [-0.05, 0) is 70.7 Å². The van der Waals surface area contributed by atoms with Gasteiger partial charge in [0.2, 0.25) is 5.95 Å². The van der Waals surface area contributed by atoms with Gasteiger partial charge in [0.1, 0.15) is 5.82 Å². The molecule has 4 rings (SSSR count). The predicted octanol–water partition coefficient (Wildman–Crippen LogP) is 3.32. The highest BCUT2D eigenvalue weighted by Crippen LogP contribution is 2.22. The molecule has 0 bridgehead atoms. The standard InChI is InChI=1S/C25H30N6O3/c1-5-20-17(4)26-25(28-23(20)33)31-21(15(2)16(3)29-31)27-22(32)18-9-11-19(12-10-18)24(34)30-13-7-6-8-14-30/h9-12H,5-8,13-14H2,1-4H3,(H,27,32)(H,26,28,33). The molecular formula is C25H30N6O3. The Kier molecular flexibility index (Phi) is 6.63. The Labute approximate surface area is 198 Å². The molecule has 0 aliphatic carbocycles. The van der Waals surface area contributed by atoms with Crippen molar-refractivity contribution in [3.63, 3.8) is 0 Å². The first-order valence-corrected chi connectivity index (χ1v) is 11.7. The van der Waals surface area contributed by atoms with Crippen LogP contribution in [0.2, 0.25) is 0 Å². The first kappa shape index (κ1) is 23.4. The lowest BCUT2D eigenvalue weighted by Crippen LogP contribution is -2.35. The van der Waals surface area contributed by atoms with Crippen molar-refractivity contribution in [2.75, 3.05) is 18.4 Å². The summed E-state index contributed by atoms with van der Waals surface area (Å²) in [6.45, 7) is 8.91. The number of piperidine rings is 1. The van der Waals surface area contributed by atoms with Gasteiger partial charge in [-0.25, -0.2) is 4.98 Å². The number of amides is 2. The fraction of sp³-hybridized carbons (Fsp3) is 0.400. The molecule has 2 aromatic heterocycles. The van der Waals surface area contributed by atoms with E-state index in [1.54, 1.807) is 31.2 Å². The van der Waals surface area contributed by atoms with Crippen LogP contribution in [0.25, 0.3) is 5.95 Å². The van der Waals surface area contributed by atoms with Crippen LogP contribution in [0, 0.1) is 20.8 Å². The second-order valence-corrected chi connectivity index (χ2v) is 8.66. The van der Waals surface area contributed by atoms with Gasteiger partial charge in [-0.15, -0.1) is 0 Å². The monoisotopic (exact) mass is 462 g/mol. The number of benzene rings is 1. The number of hydrogen-bond acceptors (Lipinski definition) is 5. The number of nitrogens with zero attached hydrogens (tertiary/aromatic N) is 4. The molecule has 0 spiro atoms. The van der Waals surface area contributed by atoms with Gasteiger partial charge in [0.15, 0.2) is 0 Å². The normalized spacial score (nSPS) is 13.7. The molecule has 178 valence electrons. The average molecular weight is 463 g/mol. The number of hydrogen-bond donors (Lipinski definition) is 2. The first-order valence-electron chi connectivity index (χ1n) is 11.7. The van der Waals surface area contributed by atoms with Crippen LogP contribution in [0.5, 0.6) is 0 Å². The number of aromatic nitrogens is 4. The van der Waals surface area contributed by atoms with Crippen LogP contribution in [0.4, 0.5) is 5.82 Å². The van der Waals surface area contributed by atoms with Crippen LogP contribution in [0.15, 0.2) is 29.1 Å². The lowest BCUT2D eigenvalue weighted by molar-refractivity contribution is 0.0724. The van der Waals surface area contributed by atoms with Gasteiger partial charge < -0.3 is 10.2 Å². The van der Waals surface area contributed by atoms with E-state index >= 15 is 0 Å². The highest BCUT2D eigenvalue weighted by molar-refractivity contribution is 6.05. The summed E-state index contributed by atoms with van der Waals surface area (Å²) in [7, 11) is 0. The highest BCUT2D eigenvalue weighted by Gasteiger charge is 2.21. The molecule has 1 aliphatic rings. The van der Waals surface area contributed by atoms with Gasteiger partial charge in [-0.1, -0.05) is 6.92 Å². The molecule has 3 heterocycles. The third kappa shape index (κ3) is 4.50. The molecule has 1 fully saturated rings. The molecule has 2 amide bonds. The van der Waals surface area contributed by atoms with Crippen molar-refractivity contribution >= 4 is 17.6 Å². The van der Waals surface area contributed by atoms with Crippen molar-refractivity contribution < 1.29 is 9.59 Å². The Morgan fingerprint density at radius 3 is 2.26 bits per heavy atom. The van der Waals surface area contributed by atoms with Crippen LogP contribution in [0.1, 0.15) is 69.4 Å². The van der Waals surface area contributed by atoms with Gasteiger partial charge in [-0.2, -0.15) is 9.78 Å². The number of carbonyl (C=O) groups excluding carboxylic acids is 2. The number of likely N-dealkylation sites (tertiary alicyclic amines) is 1. The molecule has 9 nitrogen and oxygen atoms in total. The maximum atomic E-state index is 13.0. The third-order valence-electron chi connectivity index (χ3n) is 6.39. The smallest absolute Gasteiger partial charge is 0.256 e. The minimum atomic E-state index is -0.342. The zero-order valence-electron chi connectivity index (χ0n) is 20.1. The molecule has 34 heavy (non-hydrogen) atoms. The Bertz CT molecular complexity index is 1280. The van der Waals surface area contributed by atoms with E-state index in [0.29, 0.717) is 40.3 Å². The number of nitrogens with one attached hydrogen (secondary N) is 2. The van der Waals surface area contributed by atoms with E-state index < -0.39 is 0 Å². The molecular weight excluding hydrogens is 432 g/mol. The summed E-state index contributed by atoms with van der Waals surface area (Å²) < 4.78 is 1.45. The molecule has 0 radical (unpaired) electrons. The van der Waals surface area contributed by atoms with Crippen LogP contribution >= 0.6 is 0 Å². The number of carbonyl (C=O) groups is 2. The van der Waals surface area contributed by atoms with Gasteiger partial charge in [-0.3, -0.25) is 19.4 Å². The summed E-state index contributed by atoms with van der Waals surface area (Å²) >= 11 is 0. The minimum Gasteiger partial charge on any atom is -0.339 e. The second kappa shape index (κ2) is 9.62. The van der Waals surface area contributed by atoms with E-state index in [4.69, 9.17) is 0 Å². The molecule has 0 saturated carbocycles. The van der Waals surface area contributed by atoms with E-state index in [1.165, 1.54) is 4.68 Å². The average Bonchev–Trinajstić information content (AvgIpc) is 3.12. The van der Waals surface area contributed by atoms with E-state index in [-0.39, 0.29) is 23.3 Å². The fourth-order valence-electron chi connectivity index (χ4n) is 4.24. The van der Waals surface area contributed by atoms with Gasteiger partial charge in [0.25, 0.3) is 17.4 Å². The van der Waals surface area contributed by atoms with E-state index in [0.717, 1.165) is 37.9 Å². The number of H-pyrrole nitrogens is 1. The number of aryl methyl sites for hydroxylation is 2. The highest BCUT2D eigenvalue weighted by atomic mass is 16.2. The van der Waals surface area contributed by atoms with Gasteiger partial charge in [0.05, 0.1) is 5.69 Å². The summed E-state index contributed by atoms with van der Waals surface area (Å²) in [6, 6.07) is 6.67. The summed E-state index contributed by atoms with van der Waals surface area (Å²) in [5.74, 6) is 0.332. The Balaban J connectivity index is 1.58. The summed E-state index contributed by atoms with van der Waals surface area (Å²) in [5.41, 5.74) is 3.49. The Hall–Kier alpha value is -3.75. The largest absolute Gasteiger partial charge is 0.339 e. The van der Waals surface area contributed by atoms with Crippen molar-refractivity contribution in [1.29, 1.82) is 0 Å². The van der Waals surface area contributed by atoms with E-state index in [2.05, 4.69) is 20.4 Å². The summed E-state index contributed by atoms with van der Waals surface area (Å²) in [4.78, 5) is 47.3. The molecule has 9 heteroatoms. The van der Waals surface area contributed by atoms with Crippen LogP contribution in [0.3, 0.4) is 0 Å². The van der Waals surface area contributed by atoms with Crippen LogP contribution < -0.4 is 10.9 Å². The molecule has 1 aliphatic heterocycles. The second-order valence-electron chi connectivity index (χ2n) is 8.66. The Morgan fingerprint density at radius 1 is 1.00 bits per heavy atom. The van der Waals surface area contributed by atoms with Crippen LogP contribution in [-0.4, -0.2) is 49.6 Å². The predicted molar refractivity (Wildman–Crippen MR) is 130 cm³/mol. The summed E-state index contributed by atoms with van der Waals surface area (Å²) in [6.07, 6.45) is 3.79. The van der Waals surface area contributed by atoms with Crippen molar-refractivity contribution in [2.45, 2.75) is 53.4 Å². The van der Waals surface area contributed by atoms with Crippen molar-refractivity contribution in [3.8, 4) is 5.95 Å². The molecule has 0 unspecified atom stereocenters. The molecule has 1 saturated heterocycles. The van der Waals surface area contributed by atoms with Crippen molar-refractivity contribution in [2.24, 2.45) is 0 Å². The van der Waals surface area contributed by atoms with E-state index in [1.807, 2.05) is 25.7 Å². The molecule has 1 aromatic carbocycles. The van der Waals surface area contributed by atoms with Crippen LogP contribution in [-0.2, 0) is 6.42 Å². The quantitative estimate of drug-likeness (QED) is 0.604. The van der Waals surface area contributed by atoms with Gasteiger partial charge >= 0.3 is 0 Å². The SMILES string of the molecule is CCc1c(C)nc(-n2nc(C)c(C)c2NC(=O)c2ccc(C(=O)N3CCCCC3)cc2)[nH]c1=O. The maximum Gasteiger partial charge on any atom is 0.256 e. The zero-order valence-corrected chi connectivity index (χ0v) is 20.1. The van der Waals surface area contributed by atoms with Gasteiger partial charge in [0, 0.05) is 41.0 Å². The Morgan fingerprint density at radius 2 is 1.65 bits per heavy atom. The number of rotatable bonds is 5. The lowest BCUT2D eigenvalue weighted by atomic mass is 10.1.